The van der Waals surface area contributed by atoms with Crippen molar-refractivity contribution in [1.29, 1.82) is 0 Å². The van der Waals surface area contributed by atoms with Crippen molar-refractivity contribution in [2.45, 2.75) is 18.7 Å². The van der Waals surface area contributed by atoms with Crippen LogP contribution in [0.2, 0.25) is 0 Å². The lowest BCUT2D eigenvalue weighted by Gasteiger charge is -2.31. The van der Waals surface area contributed by atoms with Crippen LogP contribution >= 0.6 is 0 Å². The first kappa shape index (κ1) is 21.8. The van der Waals surface area contributed by atoms with Gasteiger partial charge in [0, 0.05) is 12.1 Å². The minimum atomic E-state index is -5.13. The highest BCUT2D eigenvalue weighted by atomic mass is 19.4. The van der Waals surface area contributed by atoms with Crippen LogP contribution in [0.15, 0.2) is 48.5 Å². The molecular formula is C18H16F3N3O5. The van der Waals surface area contributed by atoms with Crippen LogP contribution in [0.1, 0.15) is 11.1 Å². The number of anilines is 1. The molecule has 0 saturated carbocycles. The molecule has 0 fully saturated rings. The second kappa shape index (κ2) is 8.27. The Balaban J connectivity index is 2.14. The standard InChI is InChI=1S/C18H16F3N3O5/c1-11-7-8-13(24(28)29)9-14(11)23-16(26)15(25)22-10-17(27,18(19,20)21)12-5-3-2-4-6-12/h2-9,27H,10H2,1H3,(H,22,25)(H,23,26)/t17-/m1/s1. The van der Waals surface area contributed by atoms with E-state index >= 15 is 0 Å². The van der Waals surface area contributed by atoms with Crippen LogP contribution in [0.4, 0.5) is 24.5 Å². The summed E-state index contributed by atoms with van der Waals surface area (Å²) in [4.78, 5) is 34.0. The number of amides is 2. The molecule has 2 aromatic rings. The summed E-state index contributed by atoms with van der Waals surface area (Å²) in [7, 11) is 0. The number of halogens is 3. The summed E-state index contributed by atoms with van der Waals surface area (Å²) in [5, 5.41) is 24.8. The van der Waals surface area contributed by atoms with Gasteiger partial charge in [-0.2, -0.15) is 13.2 Å². The van der Waals surface area contributed by atoms with Gasteiger partial charge in [0.15, 0.2) is 0 Å². The molecule has 154 valence electrons. The molecule has 29 heavy (non-hydrogen) atoms. The quantitative estimate of drug-likeness (QED) is 0.396. The van der Waals surface area contributed by atoms with E-state index in [9.17, 15) is 38.0 Å². The average Bonchev–Trinajstić information content (AvgIpc) is 2.67. The summed E-state index contributed by atoms with van der Waals surface area (Å²) in [6, 6.07) is 9.62. The molecular weight excluding hydrogens is 395 g/mol. The molecule has 2 amide bonds. The summed E-state index contributed by atoms with van der Waals surface area (Å²) in [6.45, 7) is 0.204. The highest BCUT2D eigenvalue weighted by Crippen LogP contribution is 2.38. The summed E-state index contributed by atoms with van der Waals surface area (Å²) in [5.74, 6) is -2.79. The van der Waals surface area contributed by atoms with Gasteiger partial charge in [0.05, 0.1) is 17.2 Å². The Morgan fingerprint density at radius 3 is 2.28 bits per heavy atom. The Hall–Kier alpha value is -3.47. The van der Waals surface area contributed by atoms with Gasteiger partial charge < -0.3 is 15.7 Å². The molecule has 0 saturated heterocycles. The van der Waals surface area contributed by atoms with Gasteiger partial charge in [-0.15, -0.1) is 0 Å². The second-order valence-electron chi connectivity index (χ2n) is 6.12. The van der Waals surface area contributed by atoms with E-state index in [2.05, 4.69) is 5.32 Å². The Morgan fingerprint density at radius 1 is 1.10 bits per heavy atom. The number of aryl methyl sites for hydroxylation is 1. The molecule has 0 spiro atoms. The third-order valence-corrected chi connectivity index (χ3v) is 4.11. The van der Waals surface area contributed by atoms with Crippen molar-refractivity contribution in [3.8, 4) is 0 Å². The maximum Gasteiger partial charge on any atom is 0.423 e. The van der Waals surface area contributed by atoms with Crippen molar-refractivity contribution in [2.24, 2.45) is 0 Å². The SMILES string of the molecule is Cc1ccc([N+](=O)[O-])cc1NC(=O)C(=O)NC[C@@](O)(c1ccccc1)C(F)(F)F. The molecule has 0 unspecified atom stereocenters. The number of nitro benzene ring substituents is 1. The number of nitrogens with zero attached hydrogens (tertiary/aromatic N) is 1. The van der Waals surface area contributed by atoms with E-state index in [1.54, 1.807) is 5.32 Å². The Kier molecular flexibility index (Phi) is 6.22. The van der Waals surface area contributed by atoms with Gasteiger partial charge >= 0.3 is 18.0 Å². The molecule has 2 rings (SSSR count). The van der Waals surface area contributed by atoms with Crippen LogP contribution in [0, 0.1) is 17.0 Å². The van der Waals surface area contributed by atoms with E-state index in [-0.39, 0.29) is 11.4 Å². The zero-order valence-electron chi connectivity index (χ0n) is 15.0. The largest absolute Gasteiger partial charge is 0.423 e. The first-order valence-corrected chi connectivity index (χ1v) is 8.14. The Bertz CT molecular complexity index is 934. The van der Waals surface area contributed by atoms with Crippen molar-refractivity contribution >= 4 is 23.2 Å². The van der Waals surface area contributed by atoms with E-state index < -0.39 is 40.6 Å². The number of hydrogen-bond donors (Lipinski definition) is 3. The third kappa shape index (κ3) is 4.88. The third-order valence-electron chi connectivity index (χ3n) is 4.11. The number of carbonyl (C=O) groups excluding carboxylic acids is 2. The number of carbonyl (C=O) groups is 2. The zero-order chi connectivity index (χ0) is 21.8. The molecule has 11 heteroatoms. The average molecular weight is 411 g/mol. The smallest absolute Gasteiger partial charge is 0.375 e. The minimum Gasteiger partial charge on any atom is -0.375 e. The van der Waals surface area contributed by atoms with Crippen molar-refractivity contribution in [2.75, 3.05) is 11.9 Å². The Morgan fingerprint density at radius 2 is 1.72 bits per heavy atom. The van der Waals surface area contributed by atoms with Crippen LogP contribution in [-0.2, 0) is 15.2 Å². The van der Waals surface area contributed by atoms with Crippen molar-refractivity contribution < 1.29 is 32.8 Å². The molecule has 3 N–H and O–H groups in total. The maximum absolute atomic E-state index is 13.4. The molecule has 0 aliphatic carbocycles. The first-order valence-electron chi connectivity index (χ1n) is 8.14. The van der Waals surface area contributed by atoms with Gasteiger partial charge in [-0.25, -0.2) is 0 Å². The van der Waals surface area contributed by atoms with Gasteiger partial charge in [0.1, 0.15) is 0 Å². The van der Waals surface area contributed by atoms with Crippen LogP contribution in [-0.4, -0.2) is 34.6 Å². The number of rotatable bonds is 5. The fraction of sp³-hybridized carbons (Fsp3) is 0.222. The number of benzene rings is 2. The van der Waals surface area contributed by atoms with Gasteiger partial charge in [0.2, 0.25) is 5.60 Å². The van der Waals surface area contributed by atoms with E-state index in [0.717, 1.165) is 18.2 Å². The second-order valence-corrected chi connectivity index (χ2v) is 6.12. The lowest BCUT2D eigenvalue weighted by molar-refractivity contribution is -0.384. The topological polar surface area (TPSA) is 122 Å². The fourth-order valence-corrected chi connectivity index (χ4v) is 2.41. The van der Waals surface area contributed by atoms with Crippen LogP contribution in [0.5, 0.6) is 0 Å². The summed E-state index contributed by atoms with van der Waals surface area (Å²) in [5.41, 5.74) is -3.92. The van der Waals surface area contributed by atoms with E-state index in [1.807, 2.05) is 0 Å². The molecule has 0 aromatic heterocycles. The molecule has 0 aliphatic rings. The number of nitro groups is 1. The lowest BCUT2D eigenvalue weighted by Crippen LogP contribution is -2.52. The van der Waals surface area contributed by atoms with Crippen molar-refractivity contribution in [1.82, 2.24) is 5.32 Å². The Labute approximate surface area is 162 Å². The molecule has 2 aromatic carbocycles. The number of non-ortho nitro benzene ring substituents is 1. The van der Waals surface area contributed by atoms with E-state index in [4.69, 9.17) is 0 Å². The minimum absolute atomic E-state index is 0.0477. The molecule has 0 bridgehead atoms. The van der Waals surface area contributed by atoms with Crippen LogP contribution in [0.25, 0.3) is 0 Å². The summed E-state index contributed by atoms with van der Waals surface area (Å²) in [6.07, 6.45) is -5.13. The van der Waals surface area contributed by atoms with Gasteiger partial charge in [-0.05, 0) is 18.1 Å². The van der Waals surface area contributed by atoms with Gasteiger partial charge in [0.25, 0.3) is 5.69 Å². The lowest BCUT2D eigenvalue weighted by atomic mass is 9.93. The van der Waals surface area contributed by atoms with Crippen molar-refractivity contribution in [3.63, 3.8) is 0 Å². The molecule has 1 atom stereocenters. The maximum atomic E-state index is 13.4. The number of nitrogens with one attached hydrogen (secondary N) is 2. The molecule has 8 nitrogen and oxygen atoms in total. The fourth-order valence-electron chi connectivity index (χ4n) is 2.41. The van der Waals surface area contributed by atoms with Gasteiger partial charge in [-0.3, -0.25) is 19.7 Å². The predicted octanol–water partition coefficient (Wildman–Crippen LogP) is 2.41. The van der Waals surface area contributed by atoms with Gasteiger partial charge in [-0.1, -0.05) is 36.4 Å². The normalized spacial score (nSPS) is 13.3. The highest BCUT2D eigenvalue weighted by Gasteiger charge is 2.55. The summed E-state index contributed by atoms with van der Waals surface area (Å²) >= 11 is 0. The number of hydrogen-bond acceptors (Lipinski definition) is 5. The van der Waals surface area contributed by atoms with E-state index in [0.29, 0.717) is 5.56 Å². The monoisotopic (exact) mass is 411 g/mol. The first-order chi connectivity index (χ1) is 13.5. The highest BCUT2D eigenvalue weighted by molar-refractivity contribution is 6.39. The van der Waals surface area contributed by atoms with Crippen molar-refractivity contribution in [3.05, 3.63) is 69.8 Å². The molecule has 0 heterocycles. The number of alkyl halides is 3. The predicted molar refractivity (Wildman–Crippen MR) is 95.9 cm³/mol. The van der Waals surface area contributed by atoms with Crippen LogP contribution in [0.3, 0.4) is 0 Å². The molecule has 0 aliphatic heterocycles. The van der Waals surface area contributed by atoms with E-state index in [1.165, 1.54) is 37.3 Å². The summed E-state index contributed by atoms with van der Waals surface area (Å²) < 4.78 is 40.2. The zero-order valence-corrected chi connectivity index (χ0v) is 15.0. The molecule has 0 radical (unpaired) electrons. The number of aliphatic hydroxyl groups is 1. The van der Waals surface area contributed by atoms with Crippen LogP contribution < -0.4 is 10.6 Å².